The van der Waals surface area contributed by atoms with Crippen LogP contribution < -0.4 is 9.62 Å². The molecule has 3 rings (SSSR count). The van der Waals surface area contributed by atoms with Crippen LogP contribution in [0.15, 0.2) is 83.8 Å². The van der Waals surface area contributed by atoms with Gasteiger partial charge in [-0.25, -0.2) is 8.42 Å². The number of sulfonamides is 1. The van der Waals surface area contributed by atoms with Crippen LogP contribution in [-0.4, -0.2) is 43.8 Å². The fourth-order valence-electron chi connectivity index (χ4n) is 3.97. The van der Waals surface area contributed by atoms with Gasteiger partial charge in [-0.3, -0.25) is 13.9 Å². The number of benzene rings is 3. The van der Waals surface area contributed by atoms with Crippen LogP contribution in [0.5, 0.6) is 0 Å². The van der Waals surface area contributed by atoms with Crippen molar-refractivity contribution >= 4 is 50.7 Å². The summed E-state index contributed by atoms with van der Waals surface area (Å²) in [5.41, 5.74) is 0.986. The molecule has 0 aromatic heterocycles. The number of amides is 2. The van der Waals surface area contributed by atoms with E-state index >= 15 is 0 Å². The van der Waals surface area contributed by atoms with Gasteiger partial charge in [0.2, 0.25) is 11.8 Å². The maximum Gasteiger partial charge on any atom is 0.264 e. The van der Waals surface area contributed by atoms with E-state index in [1.165, 1.54) is 23.1 Å². The van der Waals surface area contributed by atoms with E-state index in [0.29, 0.717) is 16.5 Å². The van der Waals surface area contributed by atoms with Crippen molar-refractivity contribution in [1.29, 1.82) is 0 Å². The highest BCUT2D eigenvalue weighted by Gasteiger charge is 2.33. The number of nitrogens with zero attached hydrogens (tertiary/aromatic N) is 2. The fourth-order valence-corrected chi connectivity index (χ4v) is 5.70. The molecule has 3 aromatic carbocycles. The van der Waals surface area contributed by atoms with Gasteiger partial charge < -0.3 is 10.2 Å². The summed E-state index contributed by atoms with van der Waals surface area (Å²) in [6, 6.07) is 20.2. The predicted octanol–water partition coefficient (Wildman–Crippen LogP) is 5.52. The molecule has 0 aliphatic carbocycles. The van der Waals surface area contributed by atoms with Crippen LogP contribution in [0, 0.1) is 0 Å². The Morgan fingerprint density at radius 3 is 2.13 bits per heavy atom. The Morgan fingerprint density at radius 1 is 0.895 bits per heavy atom. The SMILES string of the molecule is CCC(C(=O)NC(C)C)N(Cc1ccc(Cl)cc1)C(=O)CN(c1cccc(Cl)c1)S(=O)(=O)c1ccccc1. The fraction of sp³-hybridized carbons (Fsp3) is 0.286. The lowest BCUT2D eigenvalue weighted by Crippen LogP contribution is -2.53. The van der Waals surface area contributed by atoms with Crippen LogP contribution in [0.3, 0.4) is 0 Å². The molecule has 0 heterocycles. The van der Waals surface area contributed by atoms with Crippen molar-refractivity contribution < 1.29 is 18.0 Å². The standard InChI is InChI=1S/C28H31Cl2N3O4S/c1-4-26(28(35)31-20(2)3)32(18-21-13-15-22(29)16-14-21)27(34)19-33(24-10-8-9-23(30)17-24)38(36,37)25-11-6-5-7-12-25/h5-17,20,26H,4,18-19H2,1-3H3,(H,31,35). The van der Waals surface area contributed by atoms with Gasteiger partial charge in [0.1, 0.15) is 12.6 Å². The molecule has 2 amide bonds. The minimum absolute atomic E-state index is 0.0293. The molecule has 0 bridgehead atoms. The number of nitrogens with one attached hydrogen (secondary N) is 1. The molecule has 0 aliphatic rings. The van der Waals surface area contributed by atoms with Gasteiger partial charge >= 0.3 is 0 Å². The van der Waals surface area contributed by atoms with Gasteiger partial charge in [-0.1, -0.05) is 66.5 Å². The van der Waals surface area contributed by atoms with E-state index in [1.54, 1.807) is 60.7 Å². The summed E-state index contributed by atoms with van der Waals surface area (Å²) in [5, 5.41) is 3.73. The average molecular weight is 577 g/mol. The molecule has 0 spiro atoms. The molecular weight excluding hydrogens is 545 g/mol. The van der Waals surface area contributed by atoms with Gasteiger partial charge in [-0.2, -0.15) is 0 Å². The molecule has 0 fully saturated rings. The third kappa shape index (κ3) is 7.49. The summed E-state index contributed by atoms with van der Waals surface area (Å²) in [5.74, 6) is -0.852. The first-order chi connectivity index (χ1) is 18.0. The number of anilines is 1. The summed E-state index contributed by atoms with van der Waals surface area (Å²) in [6.45, 7) is 5.04. The minimum atomic E-state index is -4.14. The molecule has 0 saturated heterocycles. The van der Waals surface area contributed by atoms with Crippen LogP contribution in [0.2, 0.25) is 10.0 Å². The van der Waals surface area contributed by atoms with Crippen LogP contribution in [0.1, 0.15) is 32.8 Å². The van der Waals surface area contributed by atoms with Gasteiger partial charge in [0.25, 0.3) is 10.0 Å². The van der Waals surface area contributed by atoms with Crippen molar-refractivity contribution in [2.45, 2.75) is 50.7 Å². The van der Waals surface area contributed by atoms with Crippen molar-refractivity contribution in [1.82, 2.24) is 10.2 Å². The summed E-state index contributed by atoms with van der Waals surface area (Å²) < 4.78 is 28.5. The van der Waals surface area contributed by atoms with E-state index in [1.807, 2.05) is 20.8 Å². The first-order valence-corrected chi connectivity index (χ1v) is 14.4. The van der Waals surface area contributed by atoms with Crippen LogP contribution in [0.4, 0.5) is 5.69 Å². The molecule has 3 aromatic rings. The van der Waals surface area contributed by atoms with Gasteiger partial charge in [0.05, 0.1) is 10.6 Å². The second kappa shape index (κ2) is 13.1. The van der Waals surface area contributed by atoms with E-state index in [9.17, 15) is 18.0 Å². The highest BCUT2D eigenvalue weighted by atomic mass is 35.5. The molecule has 7 nitrogen and oxygen atoms in total. The molecule has 1 N–H and O–H groups in total. The Morgan fingerprint density at radius 2 is 1.55 bits per heavy atom. The lowest BCUT2D eigenvalue weighted by molar-refractivity contribution is -0.140. The van der Waals surface area contributed by atoms with Gasteiger partial charge in [-0.15, -0.1) is 0 Å². The molecular formula is C28H31Cl2N3O4S. The Bertz CT molecular complexity index is 1350. The van der Waals surface area contributed by atoms with Gasteiger partial charge in [-0.05, 0) is 68.3 Å². The largest absolute Gasteiger partial charge is 0.352 e. The Labute approximate surface area is 234 Å². The van der Waals surface area contributed by atoms with E-state index in [-0.39, 0.29) is 29.1 Å². The maximum absolute atomic E-state index is 13.9. The van der Waals surface area contributed by atoms with Crippen LogP contribution in [-0.2, 0) is 26.2 Å². The molecule has 10 heteroatoms. The lowest BCUT2D eigenvalue weighted by Gasteiger charge is -2.33. The number of carbonyl (C=O) groups is 2. The third-order valence-electron chi connectivity index (χ3n) is 5.79. The first-order valence-electron chi connectivity index (χ1n) is 12.2. The molecule has 0 aliphatic heterocycles. The molecule has 0 saturated carbocycles. The monoisotopic (exact) mass is 575 g/mol. The van der Waals surface area contributed by atoms with Crippen molar-refractivity contribution in [3.63, 3.8) is 0 Å². The number of halogens is 2. The Balaban J connectivity index is 2.05. The quantitative estimate of drug-likeness (QED) is 0.326. The Hall–Kier alpha value is -3.07. The highest BCUT2D eigenvalue weighted by Crippen LogP contribution is 2.27. The summed E-state index contributed by atoms with van der Waals surface area (Å²) in [7, 11) is -4.14. The van der Waals surface area contributed by atoms with Crippen LogP contribution in [0.25, 0.3) is 0 Å². The number of hydrogen-bond acceptors (Lipinski definition) is 4. The van der Waals surface area contributed by atoms with Gasteiger partial charge in [0.15, 0.2) is 0 Å². The molecule has 1 atom stereocenters. The predicted molar refractivity (Wildman–Crippen MR) is 152 cm³/mol. The Kier molecular flexibility index (Phi) is 10.2. The van der Waals surface area contributed by atoms with Crippen molar-refractivity contribution in [2.24, 2.45) is 0 Å². The van der Waals surface area contributed by atoms with E-state index in [4.69, 9.17) is 23.2 Å². The average Bonchev–Trinajstić information content (AvgIpc) is 2.88. The minimum Gasteiger partial charge on any atom is -0.352 e. The second-order valence-corrected chi connectivity index (χ2v) is 11.8. The van der Waals surface area contributed by atoms with E-state index < -0.39 is 28.5 Å². The van der Waals surface area contributed by atoms with Crippen LogP contribution >= 0.6 is 23.2 Å². The second-order valence-electron chi connectivity index (χ2n) is 9.04. The molecule has 38 heavy (non-hydrogen) atoms. The number of rotatable bonds is 11. The molecule has 1 unspecified atom stereocenters. The lowest BCUT2D eigenvalue weighted by atomic mass is 10.1. The topological polar surface area (TPSA) is 86.8 Å². The zero-order valence-corrected chi connectivity index (χ0v) is 23.8. The van der Waals surface area contributed by atoms with Crippen molar-refractivity contribution in [3.8, 4) is 0 Å². The highest BCUT2D eigenvalue weighted by molar-refractivity contribution is 7.92. The molecule has 202 valence electrons. The summed E-state index contributed by atoms with van der Waals surface area (Å²) >= 11 is 12.2. The number of carbonyl (C=O) groups excluding carboxylic acids is 2. The third-order valence-corrected chi connectivity index (χ3v) is 8.06. The van der Waals surface area contributed by atoms with Crippen molar-refractivity contribution in [2.75, 3.05) is 10.8 Å². The smallest absolute Gasteiger partial charge is 0.264 e. The molecule has 0 radical (unpaired) electrons. The van der Waals surface area contributed by atoms with E-state index in [0.717, 1.165) is 9.87 Å². The number of hydrogen-bond donors (Lipinski definition) is 1. The summed E-state index contributed by atoms with van der Waals surface area (Å²) in [6.07, 6.45) is 0.334. The first kappa shape index (κ1) is 29.5. The zero-order chi connectivity index (χ0) is 27.9. The van der Waals surface area contributed by atoms with Crippen molar-refractivity contribution in [3.05, 3.63) is 94.5 Å². The maximum atomic E-state index is 13.9. The summed E-state index contributed by atoms with van der Waals surface area (Å²) in [4.78, 5) is 28.5. The van der Waals surface area contributed by atoms with Gasteiger partial charge in [0, 0.05) is 22.6 Å². The van der Waals surface area contributed by atoms with E-state index in [2.05, 4.69) is 5.32 Å². The normalized spacial score (nSPS) is 12.2. The zero-order valence-electron chi connectivity index (χ0n) is 21.5.